The summed E-state index contributed by atoms with van der Waals surface area (Å²) in [5, 5.41) is 3.81. The minimum Gasteiger partial charge on any atom is -0.492 e. The van der Waals surface area contributed by atoms with E-state index in [0.717, 1.165) is 16.9 Å². The molecule has 21 heavy (non-hydrogen) atoms. The van der Waals surface area contributed by atoms with Crippen molar-refractivity contribution < 1.29 is 14.3 Å². The number of ether oxygens (including phenoxy) is 2. The predicted molar refractivity (Wildman–Crippen MR) is 81.9 cm³/mol. The zero-order valence-electron chi connectivity index (χ0n) is 11.7. The van der Waals surface area contributed by atoms with E-state index < -0.39 is 5.91 Å². The first kappa shape index (κ1) is 14.9. The Hall–Kier alpha value is -2.48. The number of nitrogens with two attached hydrogens (primary N) is 2. The molecule has 0 atom stereocenters. The molecule has 0 saturated carbocycles. The number of methoxy groups -OCH3 is 2. The van der Waals surface area contributed by atoms with Crippen LogP contribution in [0.2, 0.25) is 0 Å². The maximum atomic E-state index is 11.3. The van der Waals surface area contributed by atoms with Crippen LogP contribution in [0.4, 0.5) is 10.7 Å². The Kier molecular flexibility index (Phi) is 4.49. The lowest BCUT2D eigenvalue weighted by Crippen LogP contribution is -2.10. The van der Waals surface area contributed by atoms with Crippen molar-refractivity contribution in [3.8, 4) is 11.6 Å². The van der Waals surface area contributed by atoms with E-state index in [9.17, 15) is 4.79 Å². The van der Waals surface area contributed by atoms with Gasteiger partial charge in [0.15, 0.2) is 5.75 Å². The molecule has 0 saturated heterocycles. The number of hydrogen-bond donors (Lipinski definition) is 3. The highest BCUT2D eigenvalue weighted by Crippen LogP contribution is 2.42. The number of nitrogen functional groups attached to an aromatic ring is 1. The van der Waals surface area contributed by atoms with E-state index in [-0.39, 0.29) is 10.6 Å². The Balaban J connectivity index is 2.15. The lowest BCUT2D eigenvalue weighted by atomic mass is 10.3. The van der Waals surface area contributed by atoms with Crippen LogP contribution in [0.3, 0.4) is 0 Å². The summed E-state index contributed by atoms with van der Waals surface area (Å²) in [6.45, 7) is 0.505. The highest BCUT2D eigenvalue weighted by atomic mass is 32.1. The number of hydrogen-bond acceptors (Lipinski definition) is 7. The van der Waals surface area contributed by atoms with E-state index in [2.05, 4.69) is 10.3 Å². The van der Waals surface area contributed by atoms with E-state index >= 15 is 0 Å². The molecule has 8 heteroatoms. The number of aromatic nitrogens is 1. The monoisotopic (exact) mass is 308 g/mol. The molecule has 2 aromatic heterocycles. The molecule has 0 unspecified atom stereocenters. The third-order valence-corrected chi connectivity index (χ3v) is 3.95. The second-order valence-electron chi connectivity index (χ2n) is 4.13. The topological polar surface area (TPSA) is 112 Å². The van der Waals surface area contributed by atoms with E-state index in [4.69, 9.17) is 20.9 Å². The molecule has 7 nitrogen and oxygen atoms in total. The van der Waals surface area contributed by atoms with Gasteiger partial charge in [0.25, 0.3) is 5.91 Å². The lowest BCUT2D eigenvalue weighted by Gasteiger charge is -2.07. The molecule has 0 aliphatic carbocycles. The minimum atomic E-state index is -0.574. The van der Waals surface area contributed by atoms with Crippen molar-refractivity contribution in [1.82, 2.24) is 4.98 Å². The average molecular weight is 308 g/mol. The number of carbonyl (C=O) groups is 1. The number of pyridine rings is 1. The second-order valence-corrected chi connectivity index (χ2v) is 5.15. The van der Waals surface area contributed by atoms with Gasteiger partial charge in [0.1, 0.15) is 15.6 Å². The Morgan fingerprint density at radius 3 is 2.67 bits per heavy atom. The van der Waals surface area contributed by atoms with Gasteiger partial charge in [-0.25, -0.2) is 4.98 Å². The molecule has 2 aromatic rings. The van der Waals surface area contributed by atoms with Crippen molar-refractivity contribution in [2.24, 2.45) is 5.73 Å². The molecule has 0 spiro atoms. The number of nitrogens with zero attached hydrogens (tertiary/aromatic N) is 1. The molecule has 2 rings (SSSR count). The van der Waals surface area contributed by atoms with Crippen LogP contribution in [0.25, 0.3) is 0 Å². The number of rotatable bonds is 6. The maximum absolute atomic E-state index is 11.3. The average Bonchev–Trinajstić information content (AvgIpc) is 2.81. The van der Waals surface area contributed by atoms with Crippen molar-refractivity contribution in [1.29, 1.82) is 0 Å². The molecule has 0 aliphatic rings. The van der Waals surface area contributed by atoms with Gasteiger partial charge in [-0.15, -0.1) is 11.3 Å². The van der Waals surface area contributed by atoms with Crippen LogP contribution in [0, 0.1) is 0 Å². The first-order valence-electron chi connectivity index (χ1n) is 6.05. The second kappa shape index (κ2) is 6.31. The van der Waals surface area contributed by atoms with Crippen molar-refractivity contribution in [2.45, 2.75) is 6.54 Å². The predicted octanol–water partition coefficient (Wildman–Crippen LogP) is 1.45. The van der Waals surface area contributed by atoms with Gasteiger partial charge in [-0.1, -0.05) is 6.07 Å². The summed E-state index contributed by atoms with van der Waals surface area (Å²) >= 11 is 1.16. The quantitative estimate of drug-likeness (QED) is 0.744. The van der Waals surface area contributed by atoms with Crippen LogP contribution < -0.4 is 26.3 Å². The molecule has 0 aliphatic heterocycles. The van der Waals surface area contributed by atoms with Crippen LogP contribution in [0.1, 0.15) is 15.2 Å². The Morgan fingerprint density at radius 1 is 1.38 bits per heavy atom. The van der Waals surface area contributed by atoms with E-state index in [1.165, 1.54) is 7.11 Å². The molecule has 0 aromatic carbocycles. The summed E-state index contributed by atoms with van der Waals surface area (Å²) in [6.07, 6.45) is 1.70. The van der Waals surface area contributed by atoms with E-state index in [0.29, 0.717) is 23.2 Å². The molecular weight excluding hydrogens is 292 g/mol. The minimum absolute atomic E-state index is 0.255. The van der Waals surface area contributed by atoms with Gasteiger partial charge in [0.05, 0.1) is 14.2 Å². The number of carbonyl (C=O) groups excluding carboxylic acids is 1. The number of primary amides is 1. The number of amides is 1. The molecular formula is C13H16N4O3S. The fourth-order valence-electron chi connectivity index (χ4n) is 1.75. The summed E-state index contributed by atoms with van der Waals surface area (Å²) in [5.74, 6) is 0.401. The molecule has 0 fully saturated rings. The van der Waals surface area contributed by atoms with Gasteiger partial charge in [-0.3, -0.25) is 4.79 Å². The summed E-state index contributed by atoms with van der Waals surface area (Å²) < 4.78 is 10.2. The highest BCUT2D eigenvalue weighted by Gasteiger charge is 2.19. The molecule has 2 heterocycles. The summed E-state index contributed by atoms with van der Waals surface area (Å²) in [7, 11) is 3.05. The summed E-state index contributed by atoms with van der Waals surface area (Å²) in [5.41, 5.74) is 12.3. The van der Waals surface area contributed by atoms with Crippen LogP contribution in [-0.2, 0) is 6.54 Å². The van der Waals surface area contributed by atoms with Gasteiger partial charge >= 0.3 is 0 Å². The zero-order valence-corrected chi connectivity index (χ0v) is 12.5. The van der Waals surface area contributed by atoms with Crippen LogP contribution in [-0.4, -0.2) is 25.1 Å². The van der Waals surface area contributed by atoms with Crippen molar-refractivity contribution >= 4 is 27.9 Å². The van der Waals surface area contributed by atoms with Crippen LogP contribution >= 0.6 is 11.3 Å². The van der Waals surface area contributed by atoms with Gasteiger partial charge in [-0.05, 0) is 5.56 Å². The van der Waals surface area contributed by atoms with Gasteiger partial charge in [-0.2, -0.15) is 0 Å². The summed E-state index contributed by atoms with van der Waals surface area (Å²) in [4.78, 5) is 15.7. The van der Waals surface area contributed by atoms with Gasteiger partial charge in [0, 0.05) is 18.8 Å². The Morgan fingerprint density at radius 2 is 2.14 bits per heavy atom. The third-order valence-electron chi connectivity index (χ3n) is 2.79. The van der Waals surface area contributed by atoms with Crippen molar-refractivity contribution in [3.63, 3.8) is 0 Å². The largest absolute Gasteiger partial charge is 0.492 e. The molecule has 0 bridgehead atoms. The number of anilines is 2. The molecule has 1 amide bonds. The van der Waals surface area contributed by atoms with Crippen molar-refractivity contribution in [3.05, 3.63) is 28.8 Å². The highest BCUT2D eigenvalue weighted by molar-refractivity contribution is 7.19. The molecule has 112 valence electrons. The fourth-order valence-corrected chi connectivity index (χ4v) is 2.69. The molecule has 0 radical (unpaired) electrons. The van der Waals surface area contributed by atoms with Gasteiger partial charge in [0.2, 0.25) is 5.88 Å². The molecule has 5 N–H and O–H groups in total. The summed E-state index contributed by atoms with van der Waals surface area (Å²) in [6, 6.07) is 3.66. The van der Waals surface area contributed by atoms with Crippen molar-refractivity contribution in [2.75, 3.05) is 25.3 Å². The van der Waals surface area contributed by atoms with Crippen LogP contribution in [0.15, 0.2) is 18.3 Å². The van der Waals surface area contributed by atoms with E-state index in [1.54, 1.807) is 19.4 Å². The maximum Gasteiger partial charge on any atom is 0.261 e. The van der Waals surface area contributed by atoms with Crippen LogP contribution in [0.5, 0.6) is 11.6 Å². The smallest absolute Gasteiger partial charge is 0.261 e. The Labute approximate surface area is 125 Å². The van der Waals surface area contributed by atoms with Gasteiger partial charge < -0.3 is 26.3 Å². The third kappa shape index (κ3) is 3.16. The lowest BCUT2D eigenvalue weighted by molar-refractivity contribution is 0.100. The number of nitrogens with one attached hydrogen (secondary N) is 1. The SMILES string of the molecule is COc1ccc(CNc2sc(C(N)=O)c(N)c2OC)cn1. The first-order chi connectivity index (χ1) is 10.1. The standard InChI is InChI=1S/C13H16N4O3S/c1-19-8-4-3-7(5-16-8)6-17-13-10(20-2)9(14)11(21-13)12(15)18/h3-5,17H,6,14H2,1-2H3,(H2,15,18). The van der Waals surface area contributed by atoms with E-state index in [1.807, 2.05) is 6.07 Å². The fraction of sp³-hybridized carbons (Fsp3) is 0.231. The Bertz CT molecular complexity index is 640. The normalized spacial score (nSPS) is 10.2. The number of thiophene rings is 1. The first-order valence-corrected chi connectivity index (χ1v) is 6.87. The zero-order chi connectivity index (χ0) is 15.4.